The number of hydrogen-bond acceptors (Lipinski definition) is 10. The lowest BCUT2D eigenvalue weighted by Crippen LogP contribution is -2.53. The highest BCUT2D eigenvalue weighted by molar-refractivity contribution is 7.92. The maximum absolute atomic E-state index is 16.3. The highest BCUT2D eigenvalue weighted by Gasteiger charge is 2.41. The zero-order chi connectivity index (χ0) is 42.1. The molecule has 0 spiro atoms. The van der Waals surface area contributed by atoms with E-state index in [0.29, 0.717) is 46.1 Å². The number of imide groups is 1. The summed E-state index contributed by atoms with van der Waals surface area (Å²) in [5.74, 6) is -2.70. The first-order valence-corrected chi connectivity index (χ1v) is 20.9. The van der Waals surface area contributed by atoms with Gasteiger partial charge in [-0.15, -0.1) is 0 Å². The lowest BCUT2D eigenvalue weighted by Gasteiger charge is -2.30. The Bertz CT molecular complexity index is 2680. The van der Waals surface area contributed by atoms with Crippen molar-refractivity contribution < 1.29 is 46.3 Å². The fourth-order valence-corrected chi connectivity index (χ4v) is 8.95. The fourth-order valence-electron chi connectivity index (χ4n) is 7.79. The number of nitrogens with one attached hydrogen (secondary N) is 3. The fraction of sp³-hybridized carbons (Fsp3) is 0.279. The van der Waals surface area contributed by atoms with Crippen molar-refractivity contribution in [3.05, 3.63) is 107 Å². The van der Waals surface area contributed by atoms with E-state index in [-0.39, 0.29) is 68.0 Å². The summed E-state index contributed by atoms with van der Waals surface area (Å²) < 4.78 is 56.3. The van der Waals surface area contributed by atoms with E-state index in [1.807, 2.05) is 59.3 Å². The predicted molar refractivity (Wildman–Crippen MR) is 220 cm³/mol. The highest BCUT2D eigenvalue weighted by Crippen LogP contribution is 2.42. The van der Waals surface area contributed by atoms with Crippen molar-refractivity contribution in [1.82, 2.24) is 20.3 Å². The summed E-state index contributed by atoms with van der Waals surface area (Å²) in [6.07, 6.45) is 1.82. The van der Waals surface area contributed by atoms with E-state index in [2.05, 4.69) is 10.6 Å². The van der Waals surface area contributed by atoms with E-state index >= 15 is 4.39 Å². The minimum absolute atomic E-state index is 0.0314. The Morgan fingerprint density at radius 2 is 1.77 bits per heavy atom. The Labute approximate surface area is 344 Å². The van der Waals surface area contributed by atoms with Crippen LogP contribution >= 0.6 is 0 Å². The smallest absolute Gasteiger partial charge is 0.326 e. The number of piperidine rings is 1. The van der Waals surface area contributed by atoms with Crippen molar-refractivity contribution in [3.8, 4) is 11.5 Å². The second-order valence-corrected chi connectivity index (χ2v) is 16.4. The number of carbonyl (C=O) groups excluding carboxylic acids is 5. The van der Waals surface area contributed by atoms with E-state index in [4.69, 9.17) is 9.47 Å². The van der Waals surface area contributed by atoms with Crippen molar-refractivity contribution in [2.45, 2.75) is 38.3 Å². The molecule has 3 aliphatic heterocycles. The Hall–Kier alpha value is -6.59. The summed E-state index contributed by atoms with van der Waals surface area (Å²) in [5.41, 5.74) is 2.60. The van der Waals surface area contributed by atoms with Crippen LogP contribution < -0.4 is 34.0 Å². The van der Waals surface area contributed by atoms with Gasteiger partial charge in [-0.3, -0.25) is 34.2 Å². The van der Waals surface area contributed by atoms with Crippen LogP contribution in [0, 0.1) is 5.82 Å². The summed E-state index contributed by atoms with van der Waals surface area (Å²) in [7, 11) is -2.71. The molecule has 1 unspecified atom stereocenters. The molecule has 3 heterocycles. The number of halogens is 1. The third kappa shape index (κ3) is 7.92. The van der Waals surface area contributed by atoms with Crippen LogP contribution in [0.15, 0.2) is 84.9 Å². The van der Waals surface area contributed by atoms with Crippen LogP contribution in [0.1, 0.15) is 40.7 Å². The molecule has 2 saturated heterocycles. The van der Waals surface area contributed by atoms with Gasteiger partial charge >= 0.3 is 10.2 Å². The van der Waals surface area contributed by atoms with Gasteiger partial charge in [-0.2, -0.15) is 8.42 Å². The van der Waals surface area contributed by atoms with Crippen LogP contribution in [0.2, 0.25) is 0 Å². The molecule has 0 saturated carbocycles. The average Bonchev–Trinajstić information content (AvgIpc) is 3.67. The summed E-state index contributed by atoms with van der Waals surface area (Å²) in [5, 5.41) is 7.72. The molecule has 1 atom stereocenters. The molecule has 17 heteroatoms. The SMILES string of the molecule is CN(CCOc1ccc2cc(OCc3ccccc3)c(N3CC(=O)NS3(=O)=O)c(F)c2c1)C(=O)CNCCCc1ccc2c3c(cccc13)C(=O)N2C1CCC(=O)NC1=O. The number of aryl methyl sites for hydroxylation is 1. The number of carbonyl (C=O) groups is 5. The molecule has 0 aliphatic carbocycles. The third-order valence-electron chi connectivity index (χ3n) is 10.8. The number of rotatable bonds is 15. The molecule has 0 bridgehead atoms. The maximum atomic E-state index is 16.3. The molecular formula is C43H41FN6O9S. The number of nitrogens with zero attached hydrogens (tertiary/aromatic N) is 3. The summed E-state index contributed by atoms with van der Waals surface area (Å²) >= 11 is 0. The van der Waals surface area contributed by atoms with Gasteiger partial charge in [0.05, 0.1) is 18.8 Å². The van der Waals surface area contributed by atoms with Gasteiger partial charge in [0.15, 0.2) is 5.82 Å². The van der Waals surface area contributed by atoms with E-state index in [1.54, 1.807) is 25.2 Å². The zero-order valence-electron chi connectivity index (χ0n) is 32.5. The van der Waals surface area contributed by atoms with Crippen LogP contribution in [0.3, 0.4) is 0 Å². The molecular weight excluding hydrogens is 796 g/mol. The van der Waals surface area contributed by atoms with Crippen LogP contribution in [0.25, 0.3) is 21.5 Å². The Morgan fingerprint density at radius 3 is 2.53 bits per heavy atom. The molecule has 0 aromatic heterocycles. The molecule has 8 rings (SSSR count). The number of hydrogen-bond donors (Lipinski definition) is 3. The predicted octanol–water partition coefficient (Wildman–Crippen LogP) is 3.72. The molecule has 15 nitrogen and oxygen atoms in total. The first-order valence-electron chi connectivity index (χ1n) is 19.5. The third-order valence-corrected chi connectivity index (χ3v) is 12.2. The molecule has 60 heavy (non-hydrogen) atoms. The van der Waals surface area contributed by atoms with Crippen molar-refractivity contribution in [1.29, 1.82) is 0 Å². The lowest BCUT2D eigenvalue weighted by atomic mass is 9.97. The number of anilines is 2. The van der Waals surface area contributed by atoms with Gasteiger partial charge in [-0.1, -0.05) is 54.6 Å². The van der Waals surface area contributed by atoms with Crippen LogP contribution in [0.5, 0.6) is 11.5 Å². The summed E-state index contributed by atoms with van der Waals surface area (Å²) in [6.45, 7) is 0.380. The quantitative estimate of drug-likeness (QED) is 0.104. The van der Waals surface area contributed by atoms with E-state index < -0.39 is 46.1 Å². The summed E-state index contributed by atoms with van der Waals surface area (Å²) in [4.78, 5) is 65.8. The molecule has 3 N–H and O–H groups in total. The van der Waals surface area contributed by atoms with Gasteiger partial charge < -0.3 is 19.7 Å². The minimum Gasteiger partial charge on any atom is -0.492 e. The van der Waals surface area contributed by atoms with Gasteiger partial charge in [-0.05, 0) is 78.0 Å². The number of amides is 5. The van der Waals surface area contributed by atoms with E-state index in [1.165, 1.54) is 21.9 Å². The summed E-state index contributed by atoms with van der Waals surface area (Å²) in [6, 6.07) is 23.9. The van der Waals surface area contributed by atoms with Crippen molar-refractivity contribution in [3.63, 3.8) is 0 Å². The first-order chi connectivity index (χ1) is 28.9. The first kappa shape index (κ1) is 40.2. The molecule has 0 radical (unpaired) electrons. The van der Waals surface area contributed by atoms with Crippen molar-refractivity contribution in [2.75, 3.05) is 49.0 Å². The molecule has 310 valence electrons. The molecule has 3 aliphatic rings. The van der Waals surface area contributed by atoms with Crippen LogP contribution in [-0.2, 0) is 42.4 Å². The topological polar surface area (TPSA) is 184 Å². The number of likely N-dealkylation sites (N-methyl/N-ethyl adjacent to an activating group) is 1. The van der Waals surface area contributed by atoms with E-state index in [9.17, 15) is 32.4 Å². The van der Waals surface area contributed by atoms with Gasteiger partial charge in [0, 0.05) is 29.8 Å². The van der Waals surface area contributed by atoms with Gasteiger partial charge in [0.25, 0.3) is 11.8 Å². The van der Waals surface area contributed by atoms with Crippen molar-refractivity contribution in [2.24, 2.45) is 0 Å². The molecule has 2 fully saturated rings. The zero-order valence-corrected chi connectivity index (χ0v) is 33.3. The number of benzene rings is 5. The molecule has 5 amide bonds. The van der Waals surface area contributed by atoms with Crippen LogP contribution in [0.4, 0.5) is 15.8 Å². The van der Waals surface area contributed by atoms with Gasteiger partial charge in [0.2, 0.25) is 17.7 Å². The van der Waals surface area contributed by atoms with Crippen molar-refractivity contribution >= 4 is 72.7 Å². The Balaban J connectivity index is 0.849. The maximum Gasteiger partial charge on any atom is 0.326 e. The Morgan fingerprint density at radius 1 is 0.950 bits per heavy atom. The van der Waals surface area contributed by atoms with Gasteiger partial charge in [-0.25, -0.2) is 13.4 Å². The standard InChI is InChI=1S/C43H41FN6O9S/c1-48(38(53)23-45-18-6-9-27-13-15-33-39-30(27)10-5-11-31(39)43(55)50(33)34-16-17-36(51)46-42(34)54)19-20-58-29-14-12-28-21-35(59-25-26-7-3-2-4-8-26)41(40(44)32(28)22-29)49-24-37(52)47-60(49,56)57/h2-5,7-8,10-15,21-22,34,45H,6,9,16-20,23-25H2,1H3,(H,47,52)(H,46,51,54). The monoisotopic (exact) mass is 836 g/mol. The van der Waals surface area contributed by atoms with Gasteiger partial charge in [0.1, 0.15) is 43.0 Å². The second-order valence-electron chi connectivity index (χ2n) is 14.8. The minimum atomic E-state index is -4.36. The number of ether oxygens (including phenoxy) is 2. The average molecular weight is 837 g/mol. The Kier molecular flexibility index (Phi) is 11.1. The lowest BCUT2D eigenvalue weighted by molar-refractivity contribution is -0.134. The second kappa shape index (κ2) is 16.6. The highest BCUT2D eigenvalue weighted by atomic mass is 32.2. The van der Waals surface area contributed by atoms with Crippen LogP contribution in [-0.4, -0.2) is 88.7 Å². The molecule has 5 aromatic carbocycles. The largest absolute Gasteiger partial charge is 0.492 e. The molecule has 5 aromatic rings. The number of fused-ring (bicyclic) bond motifs is 1. The normalized spacial score (nSPS) is 17.0. The van der Waals surface area contributed by atoms with E-state index in [0.717, 1.165) is 21.9 Å².